The number of hydrogen-bond donors (Lipinski definition) is 0. The molecule has 0 saturated heterocycles. The van der Waals surface area contributed by atoms with Gasteiger partial charge in [-0.1, -0.05) is 36.4 Å². The number of fused-ring (bicyclic) bond motifs is 6. The van der Waals surface area contributed by atoms with Crippen LogP contribution >= 0.6 is 22.7 Å². The van der Waals surface area contributed by atoms with Crippen LogP contribution in [0.15, 0.2) is 77.6 Å². The number of para-hydroxylation sites is 3. The van der Waals surface area contributed by atoms with Gasteiger partial charge in [0.05, 0.1) is 31.5 Å². The zero-order valence-electron chi connectivity index (χ0n) is 14.0. The monoisotopic (exact) mass is 384 g/mol. The molecule has 0 bridgehead atoms. The summed E-state index contributed by atoms with van der Waals surface area (Å²) in [5.41, 5.74) is 3.76. The Morgan fingerprint density at radius 2 is 1.44 bits per heavy atom. The van der Waals surface area contributed by atoms with Crippen molar-refractivity contribution in [2.45, 2.75) is 0 Å². The van der Waals surface area contributed by atoms with Gasteiger partial charge in [-0.15, -0.1) is 22.7 Å². The highest BCUT2D eigenvalue weighted by Crippen LogP contribution is 2.37. The molecule has 3 aromatic carbocycles. The van der Waals surface area contributed by atoms with Crippen LogP contribution in [0.1, 0.15) is 0 Å². The fraction of sp³-hybridized carbons (Fsp3) is 0. The molecular formula is C22H12N2OS2. The summed E-state index contributed by atoms with van der Waals surface area (Å²) in [5.74, 6) is 0. The number of benzene rings is 3. The van der Waals surface area contributed by atoms with E-state index in [0.29, 0.717) is 5.56 Å². The Kier molecular flexibility index (Phi) is 3.06. The zero-order valence-corrected chi connectivity index (χ0v) is 15.7. The van der Waals surface area contributed by atoms with E-state index in [1.165, 1.54) is 0 Å². The summed E-state index contributed by atoms with van der Waals surface area (Å²) < 4.78 is 4.47. The standard InChI is InChI=1S/C22H12N2OS2/c25-20-13-7-1-3-9-15(13)24-16-10-4-6-12-18(16)27-22(24)19(20)21-23-14-8-2-5-11-17(14)26-21/h1-12H. The first kappa shape index (κ1) is 15.1. The first-order chi connectivity index (χ1) is 13.3. The Morgan fingerprint density at radius 1 is 0.741 bits per heavy atom. The molecule has 3 aromatic heterocycles. The zero-order chi connectivity index (χ0) is 18.0. The fourth-order valence-electron chi connectivity index (χ4n) is 3.65. The topological polar surface area (TPSA) is 34.4 Å². The van der Waals surface area contributed by atoms with E-state index in [1.807, 2.05) is 54.6 Å². The normalized spacial score (nSPS) is 11.9. The summed E-state index contributed by atoms with van der Waals surface area (Å²) in [7, 11) is 0. The van der Waals surface area contributed by atoms with E-state index in [1.54, 1.807) is 22.7 Å². The predicted molar refractivity (Wildman–Crippen MR) is 115 cm³/mol. The third-order valence-electron chi connectivity index (χ3n) is 4.85. The number of thiazole rings is 2. The second-order valence-electron chi connectivity index (χ2n) is 6.42. The van der Waals surface area contributed by atoms with E-state index >= 15 is 0 Å². The van der Waals surface area contributed by atoms with Gasteiger partial charge >= 0.3 is 0 Å². The summed E-state index contributed by atoms with van der Waals surface area (Å²) in [6.45, 7) is 0. The number of aromatic nitrogens is 2. The Balaban J connectivity index is 1.88. The van der Waals surface area contributed by atoms with Crippen LogP contribution in [-0.2, 0) is 0 Å². The summed E-state index contributed by atoms with van der Waals surface area (Å²) in [4.78, 5) is 19.2. The van der Waals surface area contributed by atoms with Gasteiger partial charge in [0.25, 0.3) is 0 Å². The summed E-state index contributed by atoms with van der Waals surface area (Å²) in [6.07, 6.45) is 0. The number of nitrogens with zero attached hydrogens (tertiary/aromatic N) is 2. The third-order valence-corrected chi connectivity index (χ3v) is 7.05. The van der Waals surface area contributed by atoms with E-state index in [4.69, 9.17) is 4.98 Å². The van der Waals surface area contributed by atoms with Gasteiger partial charge in [-0.3, -0.25) is 9.20 Å². The Labute approximate surface area is 161 Å². The van der Waals surface area contributed by atoms with Gasteiger partial charge in [-0.2, -0.15) is 0 Å². The molecule has 0 amide bonds. The smallest absolute Gasteiger partial charge is 0.201 e. The molecule has 6 aromatic rings. The minimum atomic E-state index is 0.0520. The Hall–Kier alpha value is -3.02. The molecule has 0 fully saturated rings. The van der Waals surface area contributed by atoms with Gasteiger partial charge in [-0.25, -0.2) is 4.98 Å². The molecule has 0 saturated carbocycles. The molecule has 3 heterocycles. The SMILES string of the molecule is O=c1c(-c2nc3ccccc3s2)c2sc3ccccc3n2c2ccccc12. The molecule has 0 N–H and O–H groups in total. The maximum absolute atomic E-state index is 13.5. The molecule has 0 aliphatic rings. The highest BCUT2D eigenvalue weighted by molar-refractivity contribution is 7.25. The van der Waals surface area contributed by atoms with Crippen molar-refractivity contribution in [2.24, 2.45) is 0 Å². The first-order valence-electron chi connectivity index (χ1n) is 8.62. The van der Waals surface area contributed by atoms with Crippen LogP contribution in [0.2, 0.25) is 0 Å². The van der Waals surface area contributed by atoms with Crippen LogP contribution in [0.5, 0.6) is 0 Å². The van der Waals surface area contributed by atoms with E-state index in [0.717, 1.165) is 41.2 Å². The van der Waals surface area contributed by atoms with E-state index in [-0.39, 0.29) is 5.43 Å². The predicted octanol–water partition coefficient (Wildman–Crippen LogP) is 5.94. The lowest BCUT2D eigenvalue weighted by atomic mass is 10.1. The third kappa shape index (κ3) is 2.07. The van der Waals surface area contributed by atoms with Crippen LogP contribution in [-0.4, -0.2) is 9.38 Å². The van der Waals surface area contributed by atoms with Crippen LogP contribution in [0, 0.1) is 0 Å². The second-order valence-corrected chi connectivity index (χ2v) is 8.48. The lowest BCUT2D eigenvalue weighted by Gasteiger charge is -2.06. The van der Waals surface area contributed by atoms with Crippen molar-refractivity contribution in [1.29, 1.82) is 0 Å². The molecule has 0 radical (unpaired) electrons. The molecular weight excluding hydrogens is 372 g/mol. The molecule has 0 spiro atoms. The van der Waals surface area contributed by atoms with Crippen LogP contribution in [0.4, 0.5) is 0 Å². The highest BCUT2D eigenvalue weighted by Gasteiger charge is 2.20. The van der Waals surface area contributed by atoms with Gasteiger partial charge in [0, 0.05) is 5.39 Å². The Bertz CT molecular complexity index is 1520. The van der Waals surface area contributed by atoms with Gasteiger partial charge in [0.2, 0.25) is 5.43 Å². The number of rotatable bonds is 1. The van der Waals surface area contributed by atoms with Crippen LogP contribution < -0.4 is 5.43 Å². The van der Waals surface area contributed by atoms with Crippen molar-refractivity contribution >= 4 is 58.8 Å². The van der Waals surface area contributed by atoms with Gasteiger partial charge in [0.1, 0.15) is 9.84 Å². The summed E-state index contributed by atoms with van der Waals surface area (Å²) in [5, 5.41) is 1.52. The first-order valence-corrected chi connectivity index (χ1v) is 10.3. The maximum Gasteiger partial charge on any atom is 0.201 e. The van der Waals surface area contributed by atoms with Gasteiger partial charge in [0.15, 0.2) is 0 Å². The average Bonchev–Trinajstić information content (AvgIpc) is 3.29. The van der Waals surface area contributed by atoms with Gasteiger partial charge < -0.3 is 0 Å². The molecule has 128 valence electrons. The van der Waals surface area contributed by atoms with E-state index in [9.17, 15) is 4.79 Å². The van der Waals surface area contributed by atoms with Crippen molar-refractivity contribution in [3.05, 3.63) is 83.0 Å². The van der Waals surface area contributed by atoms with Crippen LogP contribution in [0.25, 0.3) is 46.7 Å². The van der Waals surface area contributed by atoms with E-state index in [2.05, 4.69) is 22.6 Å². The minimum Gasteiger partial charge on any atom is -0.299 e. The quantitative estimate of drug-likeness (QED) is 0.351. The molecule has 0 unspecified atom stereocenters. The second kappa shape index (κ2) is 5.49. The molecule has 6 rings (SSSR count). The lowest BCUT2D eigenvalue weighted by molar-refractivity contribution is 1.32. The number of pyridine rings is 1. The molecule has 5 heteroatoms. The molecule has 27 heavy (non-hydrogen) atoms. The molecule has 0 aliphatic heterocycles. The lowest BCUT2D eigenvalue weighted by Crippen LogP contribution is -2.08. The van der Waals surface area contributed by atoms with Gasteiger partial charge in [-0.05, 0) is 36.4 Å². The van der Waals surface area contributed by atoms with Crippen molar-refractivity contribution in [3.8, 4) is 10.6 Å². The van der Waals surface area contributed by atoms with E-state index < -0.39 is 0 Å². The molecule has 0 aliphatic carbocycles. The molecule has 0 atom stereocenters. The van der Waals surface area contributed by atoms with Crippen molar-refractivity contribution in [3.63, 3.8) is 0 Å². The van der Waals surface area contributed by atoms with Crippen molar-refractivity contribution in [2.75, 3.05) is 0 Å². The van der Waals surface area contributed by atoms with Crippen molar-refractivity contribution < 1.29 is 0 Å². The minimum absolute atomic E-state index is 0.0520. The van der Waals surface area contributed by atoms with Crippen molar-refractivity contribution in [1.82, 2.24) is 9.38 Å². The summed E-state index contributed by atoms with van der Waals surface area (Å²) >= 11 is 3.23. The number of hydrogen-bond acceptors (Lipinski definition) is 4. The highest BCUT2D eigenvalue weighted by atomic mass is 32.1. The fourth-order valence-corrected chi connectivity index (χ4v) is 5.92. The Morgan fingerprint density at radius 3 is 2.30 bits per heavy atom. The molecule has 3 nitrogen and oxygen atoms in total. The average molecular weight is 384 g/mol. The maximum atomic E-state index is 13.5. The summed E-state index contributed by atoms with van der Waals surface area (Å²) in [6, 6.07) is 24.2. The largest absolute Gasteiger partial charge is 0.299 e. The van der Waals surface area contributed by atoms with Crippen LogP contribution in [0.3, 0.4) is 0 Å².